The van der Waals surface area contributed by atoms with Gasteiger partial charge in [-0.05, 0) is 269 Å². The van der Waals surface area contributed by atoms with E-state index in [9.17, 15) is 30.4 Å². The van der Waals surface area contributed by atoms with Gasteiger partial charge in [-0.3, -0.25) is 20.2 Å². The van der Waals surface area contributed by atoms with Crippen molar-refractivity contribution in [1.29, 1.82) is 0 Å². The number of aromatic hydroxyl groups is 2. The van der Waals surface area contributed by atoms with Crippen molar-refractivity contribution in [3.8, 4) is 22.6 Å². The second-order valence-corrected chi connectivity index (χ2v) is 25.7. The maximum Gasteiger partial charge on any atom is 0.311 e. The van der Waals surface area contributed by atoms with Gasteiger partial charge in [0, 0.05) is 23.3 Å². The van der Waals surface area contributed by atoms with Crippen LogP contribution >= 0.6 is 0 Å². The Hall–Kier alpha value is -3.16. The lowest BCUT2D eigenvalue weighted by Gasteiger charge is -2.72. The summed E-state index contributed by atoms with van der Waals surface area (Å²) >= 11 is 0. The summed E-state index contributed by atoms with van der Waals surface area (Å²) in [7, 11) is 0. The lowest BCUT2D eigenvalue weighted by Crippen LogP contribution is -2.63. The Kier molecular flexibility index (Phi) is 6.96. The summed E-state index contributed by atoms with van der Waals surface area (Å²) < 4.78 is 0. The quantitative estimate of drug-likeness (QED) is 0.212. The summed E-state index contributed by atoms with van der Waals surface area (Å²) in [6.07, 6.45) is 30.6. The highest BCUT2D eigenvalue weighted by Crippen LogP contribution is 2.79. The molecule has 16 saturated carbocycles. The van der Waals surface area contributed by atoms with E-state index >= 15 is 0 Å². The van der Waals surface area contributed by atoms with E-state index in [0.717, 1.165) is 85.2 Å². The number of nitro benzene ring substituents is 2. The molecule has 16 bridgehead atoms. The Bertz CT molecular complexity index is 2020. The highest BCUT2D eigenvalue weighted by molar-refractivity contribution is 5.84. The minimum Gasteiger partial charge on any atom is -0.502 e. The molecular weight excluding hydrogens is 749 g/mol. The molecule has 0 heterocycles. The zero-order chi connectivity index (χ0) is 40.3. The van der Waals surface area contributed by atoms with Crippen LogP contribution in [0.1, 0.15) is 165 Å². The molecule has 2 aromatic rings. The molecular formula is C52H64N2O6. The summed E-state index contributed by atoms with van der Waals surface area (Å²) in [6.45, 7) is 0. The SMILES string of the molecule is O=[N+]([O-])c1cc(C23CC4CC(C2)CC(C25CC6CC(CC(C6)C2)C5)(C4)C3)cc(-c2cc(C34CC5CC(C3)CC(C36CC7CC(CC(C7)C3)C6)(C5)C4)cc([N+](=O)[O-])c2O)c1O. The Balaban J connectivity index is 0.898. The number of benzene rings is 2. The fourth-order valence-electron chi connectivity index (χ4n) is 22.5. The first-order chi connectivity index (χ1) is 28.8. The highest BCUT2D eigenvalue weighted by atomic mass is 16.6. The molecule has 0 radical (unpaired) electrons. The van der Waals surface area contributed by atoms with E-state index in [1.165, 1.54) is 116 Å². The van der Waals surface area contributed by atoms with E-state index in [1.807, 2.05) is 12.1 Å². The molecule has 4 unspecified atom stereocenters. The van der Waals surface area contributed by atoms with Gasteiger partial charge in [0.25, 0.3) is 0 Å². The molecule has 8 nitrogen and oxygen atoms in total. The van der Waals surface area contributed by atoms with Crippen LogP contribution in [0.3, 0.4) is 0 Å². The van der Waals surface area contributed by atoms with E-state index in [1.54, 1.807) is 12.1 Å². The van der Waals surface area contributed by atoms with E-state index in [2.05, 4.69) is 0 Å². The van der Waals surface area contributed by atoms with Crippen LogP contribution in [0.2, 0.25) is 0 Å². The van der Waals surface area contributed by atoms with E-state index in [0.29, 0.717) is 34.5 Å². The van der Waals surface area contributed by atoms with Crippen molar-refractivity contribution in [2.75, 3.05) is 0 Å². The van der Waals surface area contributed by atoms with Gasteiger partial charge in [0.1, 0.15) is 0 Å². The van der Waals surface area contributed by atoms with Crippen LogP contribution in [-0.4, -0.2) is 20.1 Å². The van der Waals surface area contributed by atoms with Crippen molar-refractivity contribution in [3.05, 3.63) is 55.6 Å². The normalized spacial score (nSPS) is 50.5. The zero-order valence-electron chi connectivity index (χ0n) is 35.5. The topological polar surface area (TPSA) is 127 Å². The molecule has 2 N–H and O–H groups in total. The van der Waals surface area contributed by atoms with Gasteiger partial charge in [-0.2, -0.15) is 0 Å². The average Bonchev–Trinajstić information content (AvgIpc) is 3.16. The zero-order valence-corrected chi connectivity index (χ0v) is 35.5. The summed E-state index contributed by atoms with van der Waals surface area (Å²) in [5, 5.41) is 50.0. The van der Waals surface area contributed by atoms with E-state index in [4.69, 9.17) is 0 Å². The van der Waals surface area contributed by atoms with Crippen molar-refractivity contribution in [2.45, 2.75) is 165 Å². The first-order valence-corrected chi connectivity index (χ1v) is 24.8. The molecule has 0 spiro atoms. The van der Waals surface area contributed by atoms with Crippen LogP contribution in [0, 0.1) is 101 Å². The fourth-order valence-corrected chi connectivity index (χ4v) is 22.5. The van der Waals surface area contributed by atoms with Crippen molar-refractivity contribution in [2.24, 2.45) is 80.8 Å². The number of hydrogen-bond acceptors (Lipinski definition) is 6. The number of nitrogens with zero attached hydrogens (tertiary/aromatic N) is 2. The molecule has 60 heavy (non-hydrogen) atoms. The van der Waals surface area contributed by atoms with Gasteiger partial charge in [-0.15, -0.1) is 0 Å². The van der Waals surface area contributed by atoms with Crippen molar-refractivity contribution in [3.63, 3.8) is 0 Å². The Morgan fingerprint density at radius 2 is 0.667 bits per heavy atom. The van der Waals surface area contributed by atoms with Crippen LogP contribution in [-0.2, 0) is 10.8 Å². The first-order valence-electron chi connectivity index (χ1n) is 24.8. The number of rotatable bonds is 7. The minimum absolute atomic E-state index is 0.210. The molecule has 0 aliphatic heterocycles. The maximum atomic E-state index is 13.0. The van der Waals surface area contributed by atoms with Gasteiger partial charge < -0.3 is 10.2 Å². The van der Waals surface area contributed by atoms with Crippen LogP contribution in [0.25, 0.3) is 11.1 Å². The van der Waals surface area contributed by atoms with Crippen molar-refractivity contribution >= 4 is 11.4 Å². The van der Waals surface area contributed by atoms with Gasteiger partial charge in [-0.25, -0.2) is 0 Å². The second-order valence-electron chi connectivity index (χ2n) is 25.7. The van der Waals surface area contributed by atoms with Crippen LogP contribution in [0.5, 0.6) is 11.5 Å². The Morgan fingerprint density at radius 1 is 0.400 bits per heavy atom. The standard InChI is InChI=1S/C52H64N2O6/c55-45-41(9-39(11-43(45)53(57)58)47-13-35-7-36(14-47)24-51(23-35,27-47)49-17-29-1-30(18-49)3-31(2-29)19-49)42-10-40(12-44(46(42)56)54(59)60)48-15-37-8-38(16-48)26-52(25-37,28-48)50-20-32-4-33(21-50)6-34(5-32)22-50/h9-12,29-38,55-56H,1-8,13-28H2. The molecule has 318 valence electrons. The van der Waals surface area contributed by atoms with Gasteiger partial charge >= 0.3 is 11.4 Å². The monoisotopic (exact) mass is 812 g/mol. The third-order valence-electron chi connectivity index (χ3n) is 22.5. The Labute approximate surface area is 354 Å². The molecule has 0 aromatic heterocycles. The molecule has 2 aromatic carbocycles. The number of phenols is 2. The van der Waals surface area contributed by atoms with Crippen LogP contribution in [0.4, 0.5) is 11.4 Å². The van der Waals surface area contributed by atoms with Gasteiger partial charge in [0.2, 0.25) is 11.5 Å². The van der Waals surface area contributed by atoms with Gasteiger partial charge in [-0.1, -0.05) is 0 Å². The smallest absolute Gasteiger partial charge is 0.311 e. The molecule has 16 aliphatic carbocycles. The summed E-state index contributed by atoms with van der Waals surface area (Å²) in [5.41, 5.74) is 2.43. The van der Waals surface area contributed by atoms with Crippen molar-refractivity contribution < 1.29 is 20.1 Å². The fraction of sp³-hybridized carbons (Fsp3) is 0.769. The maximum absolute atomic E-state index is 13.0. The van der Waals surface area contributed by atoms with Crippen molar-refractivity contribution in [1.82, 2.24) is 0 Å². The average molecular weight is 813 g/mol. The van der Waals surface area contributed by atoms with Gasteiger partial charge in [0.05, 0.1) is 9.85 Å². The summed E-state index contributed by atoms with van der Waals surface area (Å²) in [4.78, 5) is 25.1. The molecule has 16 aliphatic rings. The molecule has 0 amide bonds. The first kappa shape index (κ1) is 36.3. The molecule has 4 atom stereocenters. The molecule has 18 rings (SSSR count). The lowest BCUT2D eigenvalue weighted by atomic mass is 9.32. The third-order valence-corrected chi connectivity index (χ3v) is 22.5. The summed E-state index contributed by atoms with van der Waals surface area (Å²) in [6, 6.07) is 7.32. The molecule has 8 heteroatoms. The van der Waals surface area contributed by atoms with Crippen LogP contribution < -0.4 is 0 Å². The number of nitro groups is 2. The predicted molar refractivity (Wildman–Crippen MR) is 227 cm³/mol. The van der Waals surface area contributed by atoms with E-state index in [-0.39, 0.29) is 44.2 Å². The highest BCUT2D eigenvalue weighted by Gasteiger charge is 2.70. The van der Waals surface area contributed by atoms with Crippen LogP contribution in [0.15, 0.2) is 24.3 Å². The Morgan fingerprint density at radius 3 is 0.950 bits per heavy atom. The minimum atomic E-state index is -0.471. The lowest BCUT2D eigenvalue weighted by molar-refractivity contribution is -0.386. The number of hydrogen-bond donors (Lipinski definition) is 2. The second kappa shape index (κ2) is 11.5. The largest absolute Gasteiger partial charge is 0.502 e. The van der Waals surface area contributed by atoms with Gasteiger partial charge in [0.15, 0.2) is 0 Å². The third kappa shape index (κ3) is 4.65. The molecule has 0 saturated heterocycles. The predicted octanol–water partition coefficient (Wildman–Crippen LogP) is 12.7. The summed E-state index contributed by atoms with van der Waals surface area (Å²) in [5.74, 6) is 6.66. The number of phenolic OH excluding ortho intramolecular Hbond substituents is 2. The van der Waals surface area contributed by atoms with E-state index < -0.39 is 21.3 Å². The molecule has 16 fully saturated rings.